The number of para-hydroxylation sites is 1. The standard InChI is InChI=1S/C19H14N2O2S/c1-12-20-16(11-24-12)13-6-4-7-15(9-13)21-19(22)18-10-14-5-2-3-8-17(14)23-18/h2-11H,1H3,(H,21,22). The van der Waals surface area contributed by atoms with Crippen molar-refractivity contribution in [1.82, 2.24) is 4.98 Å². The van der Waals surface area contributed by atoms with Gasteiger partial charge >= 0.3 is 0 Å². The van der Waals surface area contributed by atoms with E-state index < -0.39 is 0 Å². The van der Waals surface area contributed by atoms with Gasteiger partial charge in [-0.05, 0) is 31.2 Å². The van der Waals surface area contributed by atoms with Gasteiger partial charge in [-0.15, -0.1) is 11.3 Å². The summed E-state index contributed by atoms with van der Waals surface area (Å²) in [6, 6.07) is 16.9. The maximum Gasteiger partial charge on any atom is 0.291 e. The first kappa shape index (κ1) is 14.7. The number of carbonyl (C=O) groups is 1. The van der Waals surface area contributed by atoms with Gasteiger partial charge in [0.2, 0.25) is 0 Å². The number of furan rings is 1. The molecule has 24 heavy (non-hydrogen) atoms. The lowest BCUT2D eigenvalue weighted by Gasteiger charge is -2.05. The van der Waals surface area contributed by atoms with E-state index in [1.54, 1.807) is 17.4 Å². The number of nitrogens with one attached hydrogen (secondary N) is 1. The molecule has 0 aliphatic carbocycles. The van der Waals surface area contributed by atoms with E-state index in [0.29, 0.717) is 17.0 Å². The maximum atomic E-state index is 12.4. The van der Waals surface area contributed by atoms with Gasteiger partial charge in [-0.1, -0.05) is 30.3 Å². The van der Waals surface area contributed by atoms with Crippen LogP contribution in [-0.2, 0) is 0 Å². The van der Waals surface area contributed by atoms with Crippen LogP contribution >= 0.6 is 11.3 Å². The molecule has 0 aliphatic heterocycles. The van der Waals surface area contributed by atoms with Crippen LogP contribution in [0.5, 0.6) is 0 Å². The minimum absolute atomic E-state index is 0.266. The van der Waals surface area contributed by atoms with Crippen molar-refractivity contribution in [3.05, 3.63) is 70.7 Å². The van der Waals surface area contributed by atoms with Gasteiger partial charge in [-0.2, -0.15) is 0 Å². The molecule has 0 saturated carbocycles. The zero-order valence-corrected chi connectivity index (χ0v) is 13.8. The summed E-state index contributed by atoms with van der Waals surface area (Å²) >= 11 is 1.60. The van der Waals surface area contributed by atoms with Crippen LogP contribution < -0.4 is 5.32 Å². The lowest BCUT2D eigenvalue weighted by molar-refractivity contribution is 0.0998. The van der Waals surface area contributed by atoms with E-state index >= 15 is 0 Å². The van der Waals surface area contributed by atoms with E-state index in [-0.39, 0.29) is 5.91 Å². The third-order valence-electron chi connectivity index (χ3n) is 3.68. The summed E-state index contributed by atoms with van der Waals surface area (Å²) in [6.07, 6.45) is 0. The predicted octanol–water partition coefficient (Wildman–Crippen LogP) is 5.12. The number of hydrogen-bond donors (Lipinski definition) is 1. The van der Waals surface area contributed by atoms with Gasteiger partial charge in [0.05, 0.1) is 10.7 Å². The highest BCUT2D eigenvalue weighted by atomic mass is 32.1. The number of benzene rings is 2. The quantitative estimate of drug-likeness (QED) is 0.566. The average Bonchev–Trinajstić information content (AvgIpc) is 3.21. The highest BCUT2D eigenvalue weighted by Gasteiger charge is 2.13. The second-order valence-corrected chi connectivity index (χ2v) is 6.50. The Bertz CT molecular complexity index is 999. The number of hydrogen-bond acceptors (Lipinski definition) is 4. The van der Waals surface area contributed by atoms with Gasteiger partial charge in [0.15, 0.2) is 5.76 Å². The number of rotatable bonds is 3. The van der Waals surface area contributed by atoms with Crippen molar-refractivity contribution >= 4 is 33.9 Å². The number of fused-ring (bicyclic) bond motifs is 1. The molecule has 5 heteroatoms. The molecule has 0 spiro atoms. The van der Waals surface area contributed by atoms with Crippen LogP contribution in [0, 0.1) is 6.92 Å². The van der Waals surface area contributed by atoms with Crippen molar-refractivity contribution in [2.75, 3.05) is 5.32 Å². The molecule has 4 rings (SSSR count). The van der Waals surface area contributed by atoms with Crippen LogP contribution in [0.25, 0.3) is 22.2 Å². The zero-order valence-electron chi connectivity index (χ0n) is 12.9. The summed E-state index contributed by atoms with van der Waals surface area (Å²) in [6.45, 7) is 1.97. The number of carbonyl (C=O) groups excluding carboxylic acids is 1. The largest absolute Gasteiger partial charge is 0.451 e. The van der Waals surface area contributed by atoms with Gasteiger partial charge in [-0.3, -0.25) is 4.79 Å². The fraction of sp³-hybridized carbons (Fsp3) is 0.0526. The molecule has 0 radical (unpaired) electrons. The highest BCUT2D eigenvalue weighted by molar-refractivity contribution is 7.09. The van der Waals surface area contributed by atoms with E-state index in [0.717, 1.165) is 21.7 Å². The van der Waals surface area contributed by atoms with Gasteiger partial charge in [-0.25, -0.2) is 4.98 Å². The number of aromatic nitrogens is 1. The van der Waals surface area contributed by atoms with E-state index in [4.69, 9.17) is 4.42 Å². The monoisotopic (exact) mass is 334 g/mol. The summed E-state index contributed by atoms with van der Waals surface area (Å²) in [5.41, 5.74) is 3.30. The SMILES string of the molecule is Cc1nc(-c2cccc(NC(=O)c3cc4ccccc4o3)c2)cs1. The van der Waals surface area contributed by atoms with Crippen molar-refractivity contribution in [2.24, 2.45) is 0 Å². The molecule has 0 atom stereocenters. The summed E-state index contributed by atoms with van der Waals surface area (Å²) in [4.78, 5) is 16.9. The summed E-state index contributed by atoms with van der Waals surface area (Å²) in [7, 11) is 0. The number of anilines is 1. The number of thiazole rings is 1. The Hall–Kier alpha value is -2.92. The molecule has 0 unspecified atom stereocenters. The molecule has 2 heterocycles. The molecule has 0 saturated heterocycles. The van der Waals surface area contributed by atoms with Gasteiger partial charge in [0.1, 0.15) is 5.58 Å². The van der Waals surface area contributed by atoms with Crippen LogP contribution in [0.15, 0.2) is 64.4 Å². The molecular weight excluding hydrogens is 320 g/mol. The van der Waals surface area contributed by atoms with E-state index in [1.807, 2.05) is 60.8 Å². The second-order valence-electron chi connectivity index (χ2n) is 5.44. The Kier molecular flexibility index (Phi) is 3.63. The molecule has 1 N–H and O–H groups in total. The summed E-state index contributed by atoms with van der Waals surface area (Å²) < 4.78 is 5.60. The molecule has 1 amide bonds. The van der Waals surface area contributed by atoms with E-state index in [9.17, 15) is 4.79 Å². The van der Waals surface area contributed by atoms with Crippen LogP contribution in [0.3, 0.4) is 0 Å². The summed E-state index contributed by atoms with van der Waals surface area (Å²) in [5, 5.41) is 6.82. The Morgan fingerprint density at radius 2 is 2.00 bits per heavy atom. The van der Waals surface area contributed by atoms with Gasteiger partial charge in [0.25, 0.3) is 5.91 Å². The van der Waals surface area contributed by atoms with E-state index in [1.165, 1.54) is 0 Å². The Morgan fingerprint density at radius 3 is 2.79 bits per heavy atom. The third-order valence-corrected chi connectivity index (χ3v) is 4.46. The number of nitrogens with zero attached hydrogens (tertiary/aromatic N) is 1. The Labute approximate surface area is 142 Å². The predicted molar refractivity (Wildman–Crippen MR) is 96.5 cm³/mol. The first-order chi connectivity index (χ1) is 11.7. The Balaban J connectivity index is 1.59. The molecule has 2 aromatic heterocycles. The van der Waals surface area contributed by atoms with Crippen molar-refractivity contribution < 1.29 is 9.21 Å². The minimum atomic E-state index is -0.266. The van der Waals surface area contributed by atoms with E-state index in [2.05, 4.69) is 10.3 Å². The smallest absolute Gasteiger partial charge is 0.291 e. The van der Waals surface area contributed by atoms with Gasteiger partial charge in [0, 0.05) is 22.0 Å². The fourth-order valence-corrected chi connectivity index (χ4v) is 3.16. The molecule has 118 valence electrons. The second kappa shape index (κ2) is 5.94. The van der Waals surface area contributed by atoms with Crippen molar-refractivity contribution in [3.63, 3.8) is 0 Å². The molecule has 0 fully saturated rings. The van der Waals surface area contributed by atoms with Crippen molar-refractivity contribution in [1.29, 1.82) is 0 Å². The molecule has 0 bridgehead atoms. The zero-order chi connectivity index (χ0) is 16.5. The molecule has 0 aliphatic rings. The fourth-order valence-electron chi connectivity index (χ4n) is 2.54. The van der Waals surface area contributed by atoms with Crippen LogP contribution in [0.4, 0.5) is 5.69 Å². The Morgan fingerprint density at radius 1 is 1.12 bits per heavy atom. The third kappa shape index (κ3) is 2.81. The van der Waals surface area contributed by atoms with Crippen LogP contribution in [-0.4, -0.2) is 10.9 Å². The van der Waals surface area contributed by atoms with Crippen LogP contribution in [0.2, 0.25) is 0 Å². The van der Waals surface area contributed by atoms with Crippen molar-refractivity contribution in [3.8, 4) is 11.3 Å². The normalized spacial score (nSPS) is 10.9. The maximum absolute atomic E-state index is 12.4. The molecular formula is C19H14N2O2S. The number of aryl methyl sites for hydroxylation is 1. The topological polar surface area (TPSA) is 55.1 Å². The lowest BCUT2D eigenvalue weighted by atomic mass is 10.1. The molecule has 4 aromatic rings. The molecule has 4 nitrogen and oxygen atoms in total. The highest BCUT2D eigenvalue weighted by Crippen LogP contribution is 2.25. The lowest BCUT2D eigenvalue weighted by Crippen LogP contribution is -2.10. The first-order valence-corrected chi connectivity index (χ1v) is 8.39. The van der Waals surface area contributed by atoms with Crippen molar-refractivity contribution in [2.45, 2.75) is 6.92 Å². The summed E-state index contributed by atoms with van der Waals surface area (Å²) in [5.74, 6) is 0.0314. The average molecular weight is 334 g/mol. The molecule has 2 aromatic carbocycles. The number of amides is 1. The minimum Gasteiger partial charge on any atom is -0.451 e. The first-order valence-electron chi connectivity index (χ1n) is 7.51. The van der Waals surface area contributed by atoms with Gasteiger partial charge < -0.3 is 9.73 Å². The van der Waals surface area contributed by atoms with Crippen LogP contribution in [0.1, 0.15) is 15.6 Å².